The third kappa shape index (κ3) is 4.60. The summed E-state index contributed by atoms with van der Waals surface area (Å²) in [5.41, 5.74) is 1.18. The minimum atomic E-state index is -4.31. The van der Waals surface area contributed by atoms with Crippen molar-refractivity contribution in [3.05, 3.63) is 71.3 Å². The molecule has 2 aromatic rings. The maximum Gasteiger partial charge on any atom is 0.416 e. The van der Waals surface area contributed by atoms with Gasteiger partial charge in [0.1, 0.15) is 0 Å². The molecule has 22 heavy (non-hydrogen) atoms. The van der Waals surface area contributed by atoms with Crippen LogP contribution in [0.2, 0.25) is 0 Å². The molecule has 0 aromatic heterocycles. The molecule has 0 aliphatic rings. The van der Waals surface area contributed by atoms with Gasteiger partial charge < -0.3 is 5.32 Å². The maximum atomic E-state index is 12.9. The van der Waals surface area contributed by atoms with Crippen LogP contribution < -0.4 is 5.32 Å². The van der Waals surface area contributed by atoms with Gasteiger partial charge in [-0.15, -0.1) is 0 Å². The number of hydrogen-bond donors (Lipinski definition) is 1. The molecule has 0 heterocycles. The Morgan fingerprint density at radius 3 is 2.36 bits per heavy atom. The predicted octanol–water partition coefficient (Wildman–Crippen LogP) is 4.99. The number of alkyl halides is 3. The van der Waals surface area contributed by atoms with E-state index in [1.54, 1.807) is 6.07 Å². The van der Waals surface area contributed by atoms with Gasteiger partial charge in [0, 0.05) is 6.04 Å². The first-order chi connectivity index (χ1) is 10.5. The monoisotopic (exact) mass is 307 g/mol. The lowest BCUT2D eigenvalue weighted by atomic mass is 9.97. The molecule has 4 heteroatoms. The number of benzene rings is 2. The highest BCUT2D eigenvalue weighted by atomic mass is 19.4. The normalized spacial score (nSPS) is 13.1. The zero-order valence-corrected chi connectivity index (χ0v) is 12.5. The average molecular weight is 307 g/mol. The number of nitrogens with one attached hydrogen (secondary N) is 1. The Hall–Kier alpha value is -1.81. The van der Waals surface area contributed by atoms with Crippen LogP contribution in [0.15, 0.2) is 54.6 Å². The molecule has 1 unspecified atom stereocenters. The van der Waals surface area contributed by atoms with Gasteiger partial charge in [0.15, 0.2) is 0 Å². The van der Waals surface area contributed by atoms with Crippen molar-refractivity contribution < 1.29 is 13.2 Å². The first-order valence-corrected chi connectivity index (χ1v) is 7.45. The predicted molar refractivity (Wildman–Crippen MR) is 82.6 cm³/mol. The molecule has 2 aromatic carbocycles. The molecule has 0 radical (unpaired) electrons. The minimum absolute atomic E-state index is 0.121. The number of rotatable bonds is 6. The summed E-state index contributed by atoms with van der Waals surface area (Å²) in [5.74, 6) is 0. The van der Waals surface area contributed by atoms with Crippen molar-refractivity contribution in [1.29, 1.82) is 0 Å². The first kappa shape index (κ1) is 16.6. The van der Waals surface area contributed by atoms with Crippen molar-refractivity contribution >= 4 is 0 Å². The highest BCUT2D eigenvalue weighted by Crippen LogP contribution is 2.31. The van der Waals surface area contributed by atoms with Gasteiger partial charge in [-0.1, -0.05) is 49.4 Å². The quantitative estimate of drug-likeness (QED) is 0.793. The van der Waals surface area contributed by atoms with Gasteiger partial charge in [-0.2, -0.15) is 13.2 Å². The molecule has 2 rings (SSSR count). The van der Waals surface area contributed by atoms with Crippen molar-refractivity contribution in [3.63, 3.8) is 0 Å². The van der Waals surface area contributed by atoms with E-state index in [1.165, 1.54) is 12.1 Å². The van der Waals surface area contributed by atoms with Crippen LogP contribution in [-0.4, -0.2) is 6.54 Å². The molecule has 0 aliphatic heterocycles. The summed E-state index contributed by atoms with van der Waals surface area (Å²) in [5, 5.41) is 3.35. The second-order valence-corrected chi connectivity index (χ2v) is 5.32. The van der Waals surface area contributed by atoms with Gasteiger partial charge >= 0.3 is 6.18 Å². The van der Waals surface area contributed by atoms with Crippen LogP contribution in [0.4, 0.5) is 13.2 Å². The summed E-state index contributed by atoms with van der Waals surface area (Å²) in [7, 11) is 0. The van der Waals surface area contributed by atoms with Crippen LogP contribution in [0.25, 0.3) is 0 Å². The van der Waals surface area contributed by atoms with Crippen LogP contribution >= 0.6 is 0 Å². The smallest absolute Gasteiger partial charge is 0.310 e. The first-order valence-electron chi connectivity index (χ1n) is 7.45. The van der Waals surface area contributed by atoms with Crippen LogP contribution in [0.5, 0.6) is 0 Å². The van der Waals surface area contributed by atoms with Gasteiger partial charge in [0.25, 0.3) is 0 Å². The van der Waals surface area contributed by atoms with E-state index >= 15 is 0 Å². The summed E-state index contributed by atoms with van der Waals surface area (Å²) in [6.45, 7) is 2.81. The summed E-state index contributed by atoms with van der Waals surface area (Å²) in [6, 6.07) is 15.3. The average Bonchev–Trinajstić information content (AvgIpc) is 2.52. The highest BCUT2D eigenvalue weighted by Gasteiger charge is 2.30. The molecule has 0 spiro atoms. The van der Waals surface area contributed by atoms with E-state index in [2.05, 4.69) is 5.32 Å². The molecule has 0 saturated heterocycles. The van der Waals surface area contributed by atoms with Crippen LogP contribution in [0, 0.1) is 0 Å². The minimum Gasteiger partial charge on any atom is -0.310 e. The third-order valence-corrected chi connectivity index (χ3v) is 3.54. The Balaban J connectivity index is 2.25. The zero-order valence-electron chi connectivity index (χ0n) is 12.5. The second kappa shape index (κ2) is 7.45. The lowest BCUT2D eigenvalue weighted by molar-refractivity contribution is -0.137. The van der Waals surface area contributed by atoms with E-state index in [9.17, 15) is 13.2 Å². The molecule has 118 valence electrons. The van der Waals surface area contributed by atoms with Gasteiger partial charge in [0.2, 0.25) is 0 Å². The van der Waals surface area contributed by atoms with Crippen molar-refractivity contribution in [1.82, 2.24) is 5.32 Å². The summed E-state index contributed by atoms with van der Waals surface area (Å²) in [6.07, 6.45) is -2.70. The highest BCUT2D eigenvalue weighted by molar-refractivity contribution is 5.29. The summed E-state index contributed by atoms with van der Waals surface area (Å²) >= 11 is 0. The molecule has 0 amide bonds. The molecule has 1 nitrogen and oxygen atoms in total. The molecule has 1 N–H and O–H groups in total. The number of hydrogen-bond acceptors (Lipinski definition) is 1. The SMILES string of the molecule is CCCNC(Cc1ccccc1)c1cccc(C(F)(F)F)c1. The molecule has 0 fully saturated rings. The van der Waals surface area contributed by atoms with Crippen LogP contribution in [0.3, 0.4) is 0 Å². The standard InChI is InChI=1S/C18H20F3N/c1-2-11-22-17(12-14-7-4-3-5-8-14)15-9-6-10-16(13-15)18(19,20)21/h3-10,13,17,22H,2,11-12H2,1H3. The Morgan fingerprint density at radius 1 is 1.00 bits per heavy atom. The topological polar surface area (TPSA) is 12.0 Å². The van der Waals surface area contributed by atoms with Gasteiger partial charge in [-0.05, 0) is 42.6 Å². The maximum absolute atomic E-state index is 12.9. The molecule has 0 saturated carbocycles. The van der Waals surface area contributed by atoms with Crippen LogP contribution in [0.1, 0.15) is 36.1 Å². The van der Waals surface area contributed by atoms with Gasteiger partial charge in [-0.3, -0.25) is 0 Å². The lowest BCUT2D eigenvalue weighted by Gasteiger charge is -2.20. The van der Waals surface area contributed by atoms with E-state index in [4.69, 9.17) is 0 Å². The Kier molecular flexibility index (Phi) is 5.61. The molecular formula is C18H20F3N. The van der Waals surface area contributed by atoms with Crippen molar-refractivity contribution in [3.8, 4) is 0 Å². The van der Waals surface area contributed by atoms with Crippen molar-refractivity contribution in [2.24, 2.45) is 0 Å². The number of halogens is 3. The Bertz CT molecular complexity index is 578. The fourth-order valence-corrected chi connectivity index (χ4v) is 2.41. The fraction of sp³-hybridized carbons (Fsp3) is 0.333. The summed E-state index contributed by atoms with van der Waals surface area (Å²) < 4.78 is 38.7. The molecule has 1 atom stereocenters. The lowest BCUT2D eigenvalue weighted by Crippen LogP contribution is -2.24. The molecule has 0 aliphatic carbocycles. The van der Waals surface area contributed by atoms with Crippen molar-refractivity contribution in [2.45, 2.75) is 32.0 Å². The van der Waals surface area contributed by atoms with E-state index in [-0.39, 0.29) is 6.04 Å². The van der Waals surface area contributed by atoms with Crippen molar-refractivity contribution in [2.75, 3.05) is 6.54 Å². The fourth-order valence-electron chi connectivity index (χ4n) is 2.41. The van der Waals surface area contributed by atoms with E-state index in [1.807, 2.05) is 37.3 Å². The zero-order chi connectivity index (χ0) is 16.0. The van der Waals surface area contributed by atoms with E-state index in [0.29, 0.717) is 12.0 Å². The van der Waals surface area contributed by atoms with E-state index in [0.717, 1.165) is 24.6 Å². The third-order valence-electron chi connectivity index (χ3n) is 3.54. The van der Waals surface area contributed by atoms with E-state index < -0.39 is 11.7 Å². The van der Waals surface area contributed by atoms with Gasteiger partial charge in [0.05, 0.1) is 5.56 Å². The molecular weight excluding hydrogens is 287 g/mol. The summed E-state index contributed by atoms with van der Waals surface area (Å²) in [4.78, 5) is 0. The Morgan fingerprint density at radius 2 is 1.73 bits per heavy atom. The largest absolute Gasteiger partial charge is 0.416 e. The van der Waals surface area contributed by atoms with Gasteiger partial charge in [-0.25, -0.2) is 0 Å². The second-order valence-electron chi connectivity index (χ2n) is 5.32. The molecule has 0 bridgehead atoms. The van der Waals surface area contributed by atoms with Crippen LogP contribution in [-0.2, 0) is 12.6 Å². The Labute approximate surface area is 129 Å².